The lowest BCUT2D eigenvalue weighted by Gasteiger charge is -2.12. The number of sulfonamides is 1. The van der Waals surface area contributed by atoms with Gasteiger partial charge in [0.2, 0.25) is 10.0 Å². The molecule has 2 rings (SSSR count). The van der Waals surface area contributed by atoms with Gasteiger partial charge in [0.15, 0.2) is 0 Å². The third kappa shape index (κ3) is 4.30. The summed E-state index contributed by atoms with van der Waals surface area (Å²) >= 11 is 3.15. The molecule has 9 heteroatoms. The Labute approximate surface area is 138 Å². The van der Waals surface area contributed by atoms with Crippen LogP contribution in [0.5, 0.6) is 0 Å². The minimum absolute atomic E-state index is 0.0758. The molecule has 0 atom stereocenters. The number of alkyl halides is 3. The Morgan fingerprint density at radius 1 is 1.04 bits per heavy atom. The van der Waals surface area contributed by atoms with Gasteiger partial charge in [0, 0.05) is 16.6 Å². The van der Waals surface area contributed by atoms with Gasteiger partial charge in [0.1, 0.15) is 5.82 Å². The standard InChI is InChI=1S/C14H10BrF4NO2S/c15-10-4-6-11(7-5-10)23(21,22)20-8-9-2-1-3-12(13(9)16)14(17,18)19/h1-7,20H,8H2. The molecule has 0 fully saturated rings. The molecule has 23 heavy (non-hydrogen) atoms. The number of benzene rings is 2. The van der Waals surface area contributed by atoms with E-state index in [1.807, 2.05) is 0 Å². The fourth-order valence-electron chi connectivity index (χ4n) is 1.81. The van der Waals surface area contributed by atoms with Crippen molar-refractivity contribution in [2.75, 3.05) is 0 Å². The zero-order chi connectivity index (χ0) is 17.3. The SMILES string of the molecule is O=S(=O)(NCc1cccc(C(F)(F)F)c1F)c1ccc(Br)cc1. The van der Waals surface area contributed by atoms with E-state index in [1.165, 1.54) is 24.3 Å². The van der Waals surface area contributed by atoms with Gasteiger partial charge in [-0.2, -0.15) is 13.2 Å². The Balaban J connectivity index is 2.22. The molecule has 0 saturated carbocycles. The van der Waals surface area contributed by atoms with Gasteiger partial charge < -0.3 is 0 Å². The molecule has 0 bridgehead atoms. The van der Waals surface area contributed by atoms with Crippen molar-refractivity contribution in [3.8, 4) is 0 Å². The fourth-order valence-corrected chi connectivity index (χ4v) is 3.08. The quantitative estimate of drug-likeness (QED) is 0.770. The van der Waals surface area contributed by atoms with Crippen molar-refractivity contribution >= 4 is 26.0 Å². The van der Waals surface area contributed by atoms with Crippen LogP contribution in [0.2, 0.25) is 0 Å². The summed E-state index contributed by atoms with van der Waals surface area (Å²) in [5.41, 5.74) is -1.82. The average molecular weight is 412 g/mol. The lowest BCUT2D eigenvalue weighted by Crippen LogP contribution is -2.24. The largest absolute Gasteiger partial charge is 0.419 e. The zero-order valence-corrected chi connectivity index (χ0v) is 13.8. The molecule has 0 aromatic heterocycles. The number of hydrogen-bond acceptors (Lipinski definition) is 2. The maximum atomic E-state index is 13.8. The average Bonchev–Trinajstić information content (AvgIpc) is 2.45. The van der Waals surface area contributed by atoms with Crippen LogP contribution in [-0.2, 0) is 22.7 Å². The summed E-state index contributed by atoms with van der Waals surface area (Å²) in [5, 5.41) is 0. The summed E-state index contributed by atoms with van der Waals surface area (Å²) < 4.78 is 78.5. The minimum Gasteiger partial charge on any atom is -0.207 e. The van der Waals surface area contributed by atoms with Crippen LogP contribution in [0.1, 0.15) is 11.1 Å². The van der Waals surface area contributed by atoms with Gasteiger partial charge in [-0.3, -0.25) is 0 Å². The van der Waals surface area contributed by atoms with Crippen LogP contribution in [-0.4, -0.2) is 8.42 Å². The van der Waals surface area contributed by atoms with Gasteiger partial charge in [-0.05, 0) is 30.3 Å². The topological polar surface area (TPSA) is 46.2 Å². The zero-order valence-electron chi connectivity index (χ0n) is 11.4. The lowest BCUT2D eigenvalue weighted by molar-refractivity contribution is -0.140. The summed E-state index contributed by atoms with van der Waals surface area (Å²) in [7, 11) is -3.96. The molecule has 0 spiro atoms. The van der Waals surface area contributed by atoms with Crippen LogP contribution in [0.25, 0.3) is 0 Å². The Kier molecular flexibility index (Phi) is 5.12. The molecular weight excluding hydrogens is 402 g/mol. The highest BCUT2D eigenvalue weighted by molar-refractivity contribution is 9.10. The third-order valence-electron chi connectivity index (χ3n) is 2.96. The molecule has 2 aromatic carbocycles. The molecule has 124 valence electrons. The summed E-state index contributed by atoms with van der Waals surface area (Å²) in [6, 6.07) is 8.34. The molecule has 0 unspecified atom stereocenters. The van der Waals surface area contributed by atoms with E-state index in [2.05, 4.69) is 20.7 Å². The molecule has 0 aliphatic heterocycles. The van der Waals surface area contributed by atoms with Crippen molar-refractivity contribution in [3.05, 3.63) is 63.9 Å². The Morgan fingerprint density at radius 3 is 2.22 bits per heavy atom. The summed E-state index contributed by atoms with van der Waals surface area (Å²) in [4.78, 5) is -0.0758. The smallest absolute Gasteiger partial charge is 0.207 e. The van der Waals surface area contributed by atoms with Crippen molar-refractivity contribution < 1.29 is 26.0 Å². The van der Waals surface area contributed by atoms with E-state index in [1.54, 1.807) is 0 Å². The van der Waals surface area contributed by atoms with Crippen LogP contribution in [0, 0.1) is 5.82 Å². The first-order valence-electron chi connectivity index (χ1n) is 6.21. The molecule has 0 heterocycles. The highest BCUT2D eigenvalue weighted by atomic mass is 79.9. The first kappa shape index (κ1) is 17.9. The van der Waals surface area contributed by atoms with Gasteiger partial charge in [-0.1, -0.05) is 28.1 Å². The molecule has 0 aliphatic rings. The first-order chi connectivity index (χ1) is 10.6. The molecule has 2 aromatic rings. The molecule has 0 saturated heterocycles. The van der Waals surface area contributed by atoms with E-state index >= 15 is 0 Å². The number of rotatable bonds is 4. The Hall–Kier alpha value is -1.45. The van der Waals surface area contributed by atoms with Crippen molar-refractivity contribution in [1.29, 1.82) is 0 Å². The van der Waals surface area contributed by atoms with Crippen molar-refractivity contribution in [3.63, 3.8) is 0 Å². The Bertz CT molecular complexity index is 805. The molecule has 3 nitrogen and oxygen atoms in total. The highest BCUT2D eigenvalue weighted by Crippen LogP contribution is 2.32. The molecule has 0 aliphatic carbocycles. The van der Waals surface area contributed by atoms with Gasteiger partial charge in [-0.25, -0.2) is 17.5 Å². The van der Waals surface area contributed by atoms with Crippen LogP contribution in [0.3, 0.4) is 0 Å². The number of nitrogens with one attached hydrogen (secondary N) is 1. The van der Waals surface area contributed by atoms with Crippen molar-refractivity contribution in [1.82, 2.24) is 4.72 Å². The van der Waals surface area contributed by atoms with Gasteiger partial charge in [0.25, 0.3) is 0 Å². The van der Waals surface area contributed by atoms with E-state index in [4.69, 9.17) is 0 Å². The minimum atomic E-state index is -4.84. The second-order valence-electron chi connectivity index (χ2n) is 4.55. The van der Waals surface area contributed by atoms with Gasteiger partial charge in [-0.15, -0.1) is 0 Å². The van der Waals surface area contributed by atoms with Crippen molar-refractivity contribution in [2.45, 2.75) is 17.6 Å². The van der Waals surface area contributed by atoms with Gasteiger partial charge >= 0.3 is 6.18 Å². The molecule has 0 radical (unpaired) electrons. The monoisotopic (exact) mass is 411 g/mol. The maximum absolute atomic E-state index is 13.8. The number of halogens is 5. The maximum Gasteiger partial charge on any atom is 0.419 e. The lowest BCUT2D eigenvalue weighted by atomic mass is 10.1. The van der Waals surface area contributed by atoms with E-state index in [-0.39, 0.29) is 10.5 Å². The van der Waals surface area contributed by atoms with E-state index < -0.39 is 34.1 Å². The van der Waals surface area contributed by atoms with Crippen LogP contribution >= 0.6 is 15.9 Å². The summed E-state index contributed by atoms with van der Waals surface area (Å²) in [6.45, 7) is -0.589. The third-order valence-corrected chi connectivity index (χ3v) is 4.91. The molecule has 1 N–H and O–H groups in total. The van der Waals surface area contributed by atoms with Gasteiger partial charge in [0.05, 0.1) is 10.5 Å². The van der Waals surface area contributed by atoms with E-state index in [9.17, 15) is 26.0 Å². The van der Waals surface area contributed by atoms with Crippen LogP contribution < -0.4 is 4.72 Å². The highest BCUT2D eigenvalue weighted by Gasteiger charge is 2.34. The normalized spacial score (nSPS) is 12.4. The van der Waals surface area contributed by atoms with Crippen LogP contribution in [0.15, 0.2) is 51.8 Å². The van der Waals surface area contributed by atoms with E-state index in [0.717, 1.165) is 12.1 Å². The molecule has 0 amide bonds. The molecular formula is C14H10BrF4NO2S. The summed E-state index contributed by atoms with van der Waals surface area (Å²) in [5.74, 6) is -1.49. The predicted molar refractivity (Wildman–Crippen MR) is 79.6 cm³/mol. The second-order valence-corrected chi connectivity index (χ2v) is 7.24. The van der Waals surface area contributed by atoms with Crippen molar-refractivity contribution in [2.24, 2.45) is 0 Å². The summed E-state index contributed by atoms with van der Waals surface area (Å²) in [6.07, 6.45) is -4.84. The van der Waals surface area contributed by atoms with Crippen LogP contribution in [0.4, 0.5) is 17.6 Å². The first-order valence-corrected chi connectivity index (χ1v) is 8.49. The predicted octanol–water partition coefficient (Wildman–Crippen LogP) is 4.09. The Morgan fingerprint density at radius 2 is 1.65 bits per heavy atom. The second kappa shape index (κ2) is 6.58. The number of hydrogen-bond donors (Lipinski definition) is 1. The van der Waals surface area contributed by atoms with E-state index in [0.29, 0.717) is 10.5 Å². The fraction of sp³-hybridized carbons (Fsp3) is 0.143.